The van der Waals surface area contributed by atoms with E-state index in [9.17, 15) is 15.2 Å². The van der Waals surface area contributed by atoms with Gasteiger partial charge in [-0.1, -0.05) is 11.9 Å². The summed E-state index contributed by atoms with van der Waals surface area (Å²) in [7, 11) is 0. The molecule has 1 aromatic rings. The topological polar surface area (TPSA) is 94.1 Å². The van der Waals surface area contributed by atoms with Gasteiger partial charge in [0.2, 0.25) is 6.33 Å². The van der Waals surface area contributed by atoms with E-state index in [1.165, 1.54) is 11.0 Å². The first kappa shape index (κ1) is 9.59. The van der Waals surface area contributed by atoms with E-state index in [0.717, 1.165) is 0 Å². The van der Waals surface area contributed by atoms with E-state index >= 15 is 0 Å². The number of hydrogen-bond donors (Lipinski definition) is 1. The van der Waals surface area contributed by atoms with Crippen molar-refractivity contribution < 1.29 is 10.0 Å². The minimum absolute atomic E-state index is 0.233. The summed E-state index contributed by atoms with van der Waals surface area (Å²) < 4.78 is 1.26. The molecule has 7 heteroatoms. The van der Waals surface area contributed by atoms with Gasteiger partial charge in [0.1, 0.15) is 0 Å². The SMILES string of the molecule is CCC(O)Cn1cnc([N+](=O)[O-])n1. The Morgan fingerprint density at radius 3 is 3.00 bits per heavy atom. The maximum absolute atomic E-state index is 10.2. The molecule has 0 fully saturated rings. The molecule has 0 radical (unpaired) electrons. The predicted octanol–water partition coefficient (Wildman–Crippen LogP) is -0.0428. The molecule has 1 N–H and O–H groups in total. The Kier molecular flexibility index (Phi) is 2.91. The monoisotopic (exact) mass is 186 g/mol. The van der Waals surface area contributed by atoms with Crippen LogP contribution in [0.1, 0.15) is 13.3 Å². The molecule has 1 rings (SSSR count). The maximum Gasteiger partial charge on any atom is 0.490 e. The Labute approximate surface area is 74.2 Å². The third-order valence-corrected chi connectivity index (χ3v) is 1.56. The largest absolute Gasteiger partial charge is 0.490 e. The third kappa shape index (κ3) is 2.48. The second-order valence-electron chi connectivity index (χ2n) is 2.59. The molecular weight excluding hydrogens is 176 g/mol. The lowest BCUT2D eigenvalue weighted by Crippen LogP contribution is -2.15. The van der Waals surface area contributed by atoms with Gasteiger partial charge in [-0.05, 0) is 11.3 Å². The molecule has 13 heavy (non-hydrogen) atoms. The van der Waals surface area contributed by atoms with E-state index in [1.54, 1.807) is 0 Å². The molecule has 0 aromatic carbocycles. The highest BCUT2D eigenvalue weighted by Crippen LogP contribution is 2.01. The number of hydrogen-bond acceptors (Lipinski definition) is 5. The van der Waals surface area contributed by atoms with Crippen LogP contribution in [0.2, 0.25) is 0 Å². The van der Waals surface area contributed by atoms with Gasteiger partial charge >= 0.3 is 5.95 Å². The summed E-state index contributed by atoms with van der Waals surface area (Å²) in [6.07, 6.45) is 1.27. The fraction of sp³-hybridized carbons (Fsp3) is 0.667. The molecular formula is C6H10N4O3. The average molecular weight is 186 g/mol. The van der Waals surface area contributed by atoms with Crippen LogP contribution < -0.4 is 0 Å². The summed E-state index contributed by atoms with van der Waals surface area (Å²) in [5, 5.41) is 22.9. The second kappa shape index (κ2) is 3.94. The molecule has 7 nitrogen and oxygen atoms in total. The van der Waals surface area contributed by atoms with Crippen LogP contribution in [-0.4, -0.2) is 30.9 Å². The summed E-state index contributed by atoms with van der Waals surface area (Å²) in [5.41, 5.74) is 0. The van der Waals surface area contributed by atoms with Crippen LogP contribution >= 0.6 is 0 Å². The number of nitro groups is 1. The maximum atomic E-state index is 10.2. The molecule has 1 heterocycles. The summed E-state index contributed by atoms with van der Waals surface area (Å²) in [5.74, 6) is -0.441. The van der Waals surface area contributed by atoms with Crippen molar-refractivity contribution in [2.75, 3.05) is 0 Å². The van der Waals surface area contributed by atoms with E-state index in [-0.39, 0.29) is 6.54 Å². The second-order valence-corrected chi connectivity index (χ2v) is 2.59. The molecule has 1 aromatic heterocycles. The van der Waals surface area contributed by atoms with Gasteiger partial charge in [-0.2, -0.15) is 4.68 Å². The van der Waals surface area contributed by atoms with E-state index < -0.39 is 17.0 Å². The van der Waals surface area contributed by atoms with Crippen molar-refractivity contribution in [3.05, 3.63) is 16.4 Å². The van der Waals surface area contributed by atoms with Gasteiger partial charge in [0.25, 0.3) is 0 Å². The Morgan fingerprint density at radius 1 is 1.85 bits per heavy atom. The molecule has 1 atom stereocenters. The van der Waals surface area contributed by atoms with Crippen molar-refractivity contribution in [2.24, 2.45) is 0 Å². The smallest absolute Gasteiger partial charge is 0.391 e. The predicted molar refractivity (Wildman–Crippen MR) is 43.0 cm³/mol. The molecule has 0 bridgehead atoms. The van der Waals surface area contributed by atoms with Crippen LogP contribution in [0.5, 0.6) is 0 Å². The zero-order chi connectivity index (χ0) is 9.84. The lowest BCUT2D eigenvalue weighted by atomic mass is 10.3. The molecule has 0 spiro atoms. The molecule has 0 saturated heterocycles. The molecule has 0 aliphatic heterocycles. The highest BCUT2D eigenvalue weighted by molar-refractivity contribution is 4.96. The molecule has 72 valence electrons. The molecule has 0 aliphatic carbocycles. The minimum atomic E-state index is -0.672. The lowest BCUT2D eigenvalue weighted by molar-refractivity contribution is -0.394. The van der Waals surface area contributed by atoms with Crippen LogP contribution in [0.25, 0.3) is 0 Å². The van der Waals surface area contributed by atoms with Crippen LogP contribution in [0.3, 0.4) is 0 Å². The van der Waals surface area contributed by atoms with Crippen LogP contribution in [-0.2, 0) is 6.54 Å². The van der Waals surface area contributed by atoms with Gasteiger partial charge in [-0.15, -0.1) is 0 Å². The van der Waals surface area contributed by atoms with Crippen molar-refractivity contribution in [2.45, 2.75) is 26.0 Å². The van der Waals surface area contributed by atoms with Crippen LogP contribution in [0.15, 0.2) is 6.33 Å². The van der Waals surface area contributed by atoms with Gasteiger partial charge in [-0.25, -0.2) is 0 Å². The summed E-state index contributed by atoms with van der Waals surface area (Å²) in [6.45, 7) is 2.05. The van der Waals surface area contributed by atoms with Crippen LogP contribution in [0.4, 0.5) is 5.95 Å². The first-order chi connectivity index (χ1) is 6.13. The Morgan fingerprint density at radius 2 is 2.54 bits per heavy atom. The number of rotatable bonds is 4. The standard InChI is InChI=1S/C6H10N4O3/c1-2-5(11)3-9-4-7-6(8-9)10(12)13/h4-5,11H,2-3H2,1H3. The zero-order valence-corrected chi connectivity index (χ0v) is 7.12. The van der Waals surface area contributed by atoms with Crippen LogP contribution in [0, 0.1) is 10.1 Å². The third-order valence-electron chi connectivity index (χ3n) is 1.56. The number of aliphatic hydroxyl groups is 1. The number of aromatic nitrogens is 3. The fourth-order valence-corrected chi connectivity index (χ4v) is 0.801. The van der Waals surface area contributed by atoms with Crippen molar-refractivity contribution in [1.82, 2.24) is 14.8 Å². The van der Waals surface area contributed by atoms with Gasteiger partial charge in [0, 0.05) is 5.10 Å². The first-order valence-electron chi connectivity index (χ1n) is 3.85. The van der Waals surface area contributed by atoms with Gasteiger partial charge in [0.15, 0.2) is 0 Å². The summed E-state index contributed by atoms with van der Waals surface area (Å²) in [6, 6.07) is 0. The van der Waals surface area contributed by atoms with E-state index in [4.69, 9.17) is 0 Å². The van der Waals surface area contributed by atoms with Crippen molar-refractivity contribution in [1.29, 1.82) is 0 Å². The molecule has 0 saturated carbocycles. The van der Waals surface area contributed by atoms with E-state index in [2.05, 4.69) is 10.1 Å². The highest BCUT2D eigenvalue weighted by Gasteiger charge is 2.14. The molecule has 1 unspecified atom stereocenters. The number of nitrogens with zero attached hydrogens (tertiary/aromatic N) is 4. The molecule has 0 amide bonds. The van der Waals surface area contributed by atoms with Crippen molar-refractivity contribution in [3.63, 3.8) is 0 Å². The van der Waals surface area contributed by atoms with Gasteiger partial charge < -0.3 is 15.2 Å². The van der Waals surface area contributed by atoms with E-state index in [1.807, 2.05) is 6.92 Å². The van der Waals surface area contributed by atoms with Crippen molar-refractivity contribution >= 4 is 5.95 Å². The Hall–Kier alpha value is -1.50. The average Bonchev–Trinajstić information content (AvgIpc) is 2.52. The summed E-state index contributed by atoms with van der Waals surface area (Å²) in [4.78, 5) is 12.9. The first-order valence-corrected chi connectivity index (χ1v) is 3.85. The minimum Gasteiger partial charge on any atom is -0.391 e. The summed E-state index contributed by atoms with van der Waals surface area (Å²) >= 11 is 0. The normalized spacial score (nSPS) is 12.8. The Balaban J connectivity index is 2.64. The Bertz CT molecular complexity index is 298. The zero-order valence-electron chi connectivity index (χ0n) is 7.12. The van der Waals surface area contributed by atoms with E-state index in [0.29, 0.717) is 6.42 Å². The highest BCUT2D eigenvalue weighted by atomic mass is 16.6. The lowest BCUT2D eigenvalue weighted by Gasteiger charge is -2.02. The van der Waals surface area contributed by atoms with Gasteiger partial charge in [0.05, 0.1) is 12.6 Å². The fourth-order valence-electron chi connectivity index (χ4n) is 0.801. The van der Waals surface area contributed by atoms with Crippen molar-refractivity contribution in [3.8, 4) is 0 Å². The molecule has 0 aliphatic rings. The number of aliphatic hydroxyl groups excluding tert-OH is 1. The quantitative estimate of drug-likeness (QED) is 0.525. The van der Waals surface area contributed by atoms with Gasteiger partial charge in [-0.3, -0.25) is 0 Å².